The normalized spacial score (nSPS) is 18.9. The van der Waals surface area contributed by atoms with E-state index in [1.165, 1.54) is 16.2 Å². The largest absolute Gasteiger partial charge is 0.507 e. The molecular formula is C36H30N2O5S. The number of thiazole rings is 1. The number of benzene rings is 4. The average Bonchev–Trinajstić information content (AvgIpc) is 3.68. The van der Waals surface area contributed by atoms with E-state index in [1.54, 1.807) is 12.1 Å². The molecule has 1 amide bonds. The zero-order chi connectivity index (χ0) is 30.5. The second kappa shape index (κ2) is 11.0. The van der Waals surface area contributed by atoms with Crippen molar-refractivity contribution in [3.63, 3.8) is 0 Å². The zero-order valence-corrected chi connectivity index (χ0v) is 25.4. The average molecular weight is 603 g/mol. The van der Waals surface area contributed by atoms with Crippen LogP contribution in [0.5, 0.6) is 11.5 Å². The smallest absolute Gasteiger partial charge is 0.301 e. The lowest BCUT2D eigenvalue weighted by atomic mass is 9.94. The van der Waals surface area contributed by atoms with Crippen LogP contribution in [0.2, 0.25) is 0 Å². The van der Waals surface area contributed by atoms with E-state index in [0.29, 0.717) is 35.0 Å². The summed E-state index contributed by atoms with van der Waals surface area (Å²) in [5.74, 6) is -0.396. The number of hydrogen-bond acceptors (Lipinski definition) is 7. The molecule has 1 aromatic heterocycles. The highest BCUT2D eigenvalue weighted by Crippen LogP contribution is 2.45. The van der Waals surface area contributed by atoms with Crippen molar-refractivity contribution in [1.82, 2.24) is 4.98 Å². The molecule has 0 bridgehead atoms. The topological polar surface area (TPSA) is 89.0 Å². The molecule has 3 heterocycles. The second-order valence-corrected chi connectivity index (χ2v) is 12.4. The maximum Gasteiger partial charge on any atom is 0.301 e. The van der Waals surface area contributed by atoms with Crippen LogP contribution in [-0.2, 0) is 22.6 Å². The Kier molecular flexibility index (Phi) is 6.94. The van der Waals surface area contributed by atoms with Crippen molar-refractivity contribution in [1.29, 1.82) is 0 Å². The molecule has 0 saturated carbocycles. The van der Waals surface area contributed by atoms with Crippen LogP contribution >= 0.6 is 11.3 Å². The monoisotopic (exact) mass is 602 g/mol. The number of aryl methyl sites for hydroxylation is 2. The number of carbonyl (C=O) groups excluding carboxylic acids is 2. The number of ether oxygens (including phenoxy) is 2. The van der Waals surface area contributed by atoms with Gasteiger partial charge in [-0.25, -0.2) is 4.98 Å². The fraction of sp³-hybridized carbons (Fsp3) is 0.194. The van der Waals surface area contributed by atoms with Crippen LogP contribution in [0, 0.1) is 13.8 Å². The Hall–Kier alpha value is -4.95. The Morgan fingerprint density at radius 1 is 1.02 bits per heavy atom. The molecule has 7 rings (SSSR count). The van der Waals surface area contributed by atoms with Crippen LogP contribution in [0.1, 0.15) is 46.3 Å². The Balaban J connectivity index is 1.36. The summed E-state index contributed by atoms with van der Waals surface area (Å²) < 4.78 is 12.9. The summed E-state index contributed by atoms with van der Waals surface area (Å²) in [4.78, 5) is 33.9. The number of rotatable bonds is 6. The van der Waals surface area contributed by atoms with E-state index in [9.17, 15) is 14.7 Å². The third-order valence-corrected chi connectivity index (χ3v) is 9.06. The van der Waals surface area contributed by atoms with Gasteiger partial charge in [-0.1, -0.05) is 59.9 Å². The van der Waals surface area contributed by atoms with E-state index in [4.69, 9.17) is 14.5 Å². The molecule has 1 fully saturated rings. The molecule has 1 N–H and O–H groups in total. The molecule has 0 spiro atoms. The van der Waals surface area contributed by atoms with Gasteiger partial charge in [0, 0.05) is 12.0 Å². The molecule has 0 radical (unpaired) electrons. The van der Waals surface area contributed by atoms with E-state index in [-0.39, 0.29) is 17.4 Å². The van der Waals surface area contributed by atoms with Gasteiger partial charge >= 0.3 is 5.91 Å². The minimum atomic E-state index is -0.916. The fourth-order valence-corrected chi connectivity index (χ4v) is 7.22. The minimum absolute atomic E-state index is 0.00859. The number of aliphatic hydroxyl groups is 1. The molecule has 220 valence electrons. The van der Waals surface area contributed by atoms with Gasteiger partial charge in [0.1, 0.15) is 30.0 Å². The molecule has 5 aromatic rings. The van der Waals surface area contributed by atoms with Crippen molar-refractivity contribution in [2.24, 2.45) is 0 Å². The molecule has 2 aliphatic rings. The van der Waals surface area contributed by atoms with E-state index >= 15 is 0 Å². The summed E-state index contributed by atoms with van der Waals surface area (Å²) >= 11 is 1.35. The maximum atomic E-state index is 13.8. The molecule has 1 saturated heterocycles. The van der Waals surface area contributed by atoms with Crippen molar-refractivity contribution in [3.8, 4) is 11.5 Å². The van der Waals surface area contributed by atoms with E-state index in [0.717, 1.165) is 38.2 Å². The number of hydrogen-bond donors (Lipinski definition) is 1. The van der Waals surface area contributed by atoms with Crippen molar-refractivity contribution in [2.75, 3.05) is 4.90 Å². The zero-order valence-electron chi connectivity index (χ0n) is 24.5. The summed E-state index contributed by atoms with van der Waals surface area (Å²) in [6, 6.07) is 25.7. The molecular weight excluding hydrogens is 572 g/mol. The van der Waals surface area contributed by atoms with Gasteiger partial charge < -0.3 is 14.6 Å². The molecule has 2 unspecified atom stereocenters. The highest BCUT2D eigenvalue weighted by molar-refractivity contribution is 7.22. The number of ketones is 1. The highest BCUT2D eigenvalue weighted by Gasteiger charge is 2.48. The number of fused-ring (bicyclic) bond motifs is 2. The fourth-order valence-electron chi connectivity index (χ4n) is 6.05. The number of Topliss-reactive ketones (excluding diaryl/α,β-unsaturated/α-hetero) is 1. The van der Waals surface area contributed by atoms with Gasteiger partial charge in [0.05, 0.1) is 21.8 Å². The molecule has 8 heteroatoms. The summed E-state index contributed by atoms with van der Waals surface area (Å²) in [6.07, 6.45) is 0.720. The van der Waals surface area contributed by atoms with Gasteiger partial charge in [-0.15, -0.1) is 0 Å². The Morgan fingerprint density at radius 3 is 2.66 bits per heavy atom. The first-order valence-corrected chi connectivity index (χ1v) is 15.3. The van der Waals surface area contributed by atoms with Gasteiger partial charge in [-0.3, -0.25) is 14.5 Å². The Labute approximate surface area is 259 Å². The maximum absolute atomic E-state index is 13.8. The number of carbonyl (C=O) groups is 2. The van der Waals surface area contributed by atoms with Gasteiger partial charge in [0.2, 0.25) is 0 Å². The lowest BCUT2D eigenvalue weighted by molar-refractivity contribution is -0.132. The van der Waals surface area contributed by atoms with Gasteiger partial charge in [0.15, 0.2) is 5.13 Å². The van der Waals surface area contributed by atoms with Gasteiger partial charge in [-0.2, -0.15) is 0 Å². The third kappa shape index (κ3) is 4.91. The highest BCUT2D eigenvalue weighted by atomic mass is 32.1. The van der Waals surface area contributed by atoms with Crippen LogP contribution in [0.3, 0.4) is 0 Å². The van der Waals surface area contributed by atoms with Gasteiger partial charge in [0.25, 0.3) is 5.78 Å². The lowest BCUT2D eigenvalue weighted by Crippen LogP contribution is -2.29. The third-order valence-electron chi connectivity index (χ3n) is 8.06. The van der Waals surface area contributed by atoms with Crippen molar-refractivity contribution < 1.29 is 24.2 Å². The minimum Gasteiger partial charge on any atom is -0.507 e. The van der Waals surface area contributed by atoms with Gasteiger partial charge in [-0.05, 0) is 85.0 Å². The predicted molar refractivity (Wildman–Crippen MR) is 171 cm³/mol. The summed E-state index contributed by atoms with van der Waals surface area (Å²) in [5, 5.41) is 12.1. The number of aromatic nitrogens is 1. The number of aliphatic hydroxyl groups excluding tert-OH is 1. The first-order valence-electron chi connectivity index (χ1n) is 14.5. The van der Waals surface area contributed by atoms with Crippen LogP contribution in [0.4, 0.5) is 5.13 Å². The standard InChI is InChI=1S/C36H30N2O5S/c1-20-14-21(2)31-29(15-20)44-36(37-31)38-32(24-10-7-11-27(18-24)42-19-23-8-5-4-6-9-23)30(34(40)35(38)41)33(39)25-12-13-28-26(17-25)16-22(3)43-28/h4-15,17-18,22,32,39H,16,19H2,1-3H3. The van der Waals surface area contributed by atoms with E-state index in [2.05, 4.69) is 0 Å². The van der Waals surface area contributed by atoms with E-state index in [1.807, 2.05) is 93.6 Å². The van der Waals surface area contributed by atoms with Crippen molar-refractivity contribution in [3.05, 3.63) is 124 Å². The van der Waals surface area contributed by atoms with Crippen LogP contribution < -0.4 is 14.4 Å². The first kappa shape index (κ1) is 27.9. The summed E-state index contributed by atoms with van der Waals surface area (Å²) in [7, 11) is 0. The lowest BCUT2D eigenvalue weighted by Gasteiger charge is -2.23. The molecule has 2 atom stereocenters. The van der Waals surface area contributed by atoms with E-state index < -0.39 is 17.7 Å². The SMILES string of the molecule is Cc1cc(C)c2nc(N3C(=O)C(=O)C(=C(O)c4ccc5c(c4)CC(C)O5)C3c3cccc(OCc4ccccc4)c3)sc2c1. The first-order chi connectivity index (χ1) is 21.3. The molecule has 7 nitrogen and oxygen atoms in total. The summed E-state index contributed by atoms with van der Waals surface area (Å²) in [6.45, 7) is 6.34. The molecule has 44 heavy (non-hydrogen) atoms. The van der Waals surface area contributed by atoms with Crippen LogP contribution in [0.25, 0.3) is 16.0 Å². The van der Waals surface area contributed by atoms with Crippen LogP contribution in [0.15, 0.2) is 90.5 Å². The van der Waals surface area contributed by atoms with Crippen molar-refractivity contribution >= 4 is 44.1 Å². The number of nitrogens with zero attached hydrogens (tertiary/aromatic N) is 2. The molecule has 4 aromatic carbocycles. The second-order valence-electron chi connectivity index (χ2n) is 11.4. The number of amides is 1. The summed E-state index contributed by atoms with van der Waals surface area (Å²) in [5.41, 5.74) is 5.90. The van der Waals surface area contributed by atoms with Crippen LogP contribution in [-0.4, -0.2) is 27.9 Å². The predicted octanol–water partition coefficient (Wildman–Crippen LogP) is 7.44. The molecule has 2 aliphatic heterocycles. The van der Waals surface area contributed by atoms with Crippen molar-refractivity contribution in [2.45, 2.75) is 45.9 Å². The molecule has 0 aliphatic carbocycles. The Bertz CT molecular complexity index is 1980. The quantitative estimate of drug-likeness (QED) is 0.123. The number of anilines is 1. The Morgan fingerprint density at radius 2 is 1.84 bits per heavy atom.